The van der Waals surface area contributed by atoms with Crippen molar-refractivity contribution in [1.82, 2.24) is 0 Å². The van der Waals surface area contributed by atoms with Crippen molar-refractivity contribution < 1.29 is 14.3 Å². The molecule has 4 fully saturated rings. The van der Waals surface area contributed by atoms with Gasteiger partial charge in [0.1, 0.15) is 6.29 Å². The fourth-order valence-corrected chi connectivity index (χ4v) is 8.78. The molecule has 0 bridgehead atoms. The highest BCUT2D eigenvalue weighted by molar-refractivity contribution is 5.53. The first-order valence-electron chi connectivity index (χ1n) is 12.9. The third kappa shape index (κ3) is 3.34. The smallest absolute Gasteiger partial charge is 0.157 e. The van der Waals surface area contributed by atoms with E-state index in [0.29, 0.717) is 22.9 Å². The molecule has 3 nitrogen and oxygen atoms in total. The fourth-order valence-electron chi connectivity index (χ4n) is 8.78. The van der Waals surface area contributed by atoms with E-state index in [4.69, 9.17) is 9.47 Å². The van der Waals surface area contributed by atoms with Crippen molar-refractivity contribution in [1.29, 1.82) is 0 Å². The van der Waals surface area contributed by atoms with E-state index in [0.717, 1.165) is 37.2 Å². The molecule has 1 unspecified atom stereocenters. The summed E-state index contributed by atoms with van der Waals surface area (Å²) in [7, 11) is 0. The van der Waals surface area contributed by atoms with E-state index in [-0.39, 0.29) is 12.2 Å². The molecule has 4 aliphatic carbocycles. The van der Waals surface area contributed by atoms with Crippen molar-refractivity contribution in [2.75, 3.05) is 6.61 Å². The summed E-state index contributed by atoms with van der Waals surface area (Å²) in [4.78, 5) is 11.6. The highest BCUT2D eigenvalue weighted by Crippen LogP contribution is 2.67. The summed E-state index contributed by atoms with van der Waals surface area (Å²) in [6.07, 6.45) is 17.8. The molecule has 0 aromatic rings. The van der Waals surface area contributed by atoms with E-state index in [2.05, 4.69) is 26.8 Å². The maximum atomic E-state index is 11.6. The van der Waals surface area contributed by atoms with Gasteiger partial charge < -0.3 is 14.3 Å². The highest BCUT2D eigenvalue weighted by Gasteiger charge is 2.59. The average Bonchev–Trinajstić information content (AvgIpc) is 3.11. The van der Waals surface area contributed by atoms with Gasteiger partial charge in [0.25, 0.3) is 0 Å². The molecule has 3 saturated carbocycles. The normalized spacial score (nSPS) is 49.4. The van der Waals surface area contributed by atoms with Crippen molar-refractivity contribution >= 4 is 6.29 Å². The van der Waals surface area contributed by atoms with E-state index in [9.17, 15) is 4.79 Å². The quantitative estimate of drug-likeness (QED) is 0.399. The number of allylic oxidation sites excluding steroid dienone is 1. The molecule has 0 aromatic carbocycles. The average molecular weight is 415 g/mol. The molecule has 0 radical (unpaired) electrons. The van der Waals surface area contributed by atoms with Crippen LogP contribution in [0.3, 0.4) is 0 Å². The van der Waals surface area contributed by atoms with Gasteiger partial charge in [0.2, 0.25) is 0 Å². The number of carbonyl (C=O) groups excluding carboxylic acids is 1. The Morgan fingerprint density at radius 1 is 1.10 bits per heavy atom. The maximum Gasteiger partial charge on any atom is 0.157 e. The van der Waals surface area contributed by atoms with E-state index in [1.54, 1.807) is 5.57 Å². The van der Waals surface area contributed by atoms with Gasteiger partial charge in [0.05, 0.1) is 6.10 Å². The molecule has 0 amide bonds. The van der Waals surface area contributed by atoms with Gasteiger partial charge in [-0.1, -0.05) is 32.4 Å². The Balaban J connectivity index is 1.31. The lowest BCUT2D eigenvalue weighted by atomic mass is 9.47. The lowest BCUT2D eigenvalue weighted by Gasteiger charge is -2.58. The van der Waals surface area contributed by atoms with E-state index >= 15 is 0 Å². The molecule has 5 aliphatic rings. The Labute approximate surface area is 183 Å². The van der Waals surface area contributed by atoms with Crippen LogP contribution in [0.2, 0.25) is 0 Å². The molecule has 9 atom stereocenters. The van der Waals surface area contributed by atoms with Gasteiger partial charge >= 0.3 is 0 Å². The largest absolute Gasteiger partial charge is 0.353 e. The zero-order valence-corrected chi connectivity index (χ0v) is 19.4. The molecule has 30 heavy (non-hydrogen) atoms. The minimum Gasteiger partial charge on any atom is -0.353 e. The lowest BCUT2D eigenvalue weighted by Crippen LogP contribution is -2.51. The Bertz CT molecular complexity index is 680. The number of ether oxygens (including phenoxy) is 2. The second-order valence-corrected chi connectivity index (χ2v) is 11.8. The Morgan fingerprint density at radius 3 is 2.73 bits per heavy atom. The molecule has 5 rings (SSSR count). The summed E-state index contributed by atoms with van der Waals surface area (Å²) in [5.74, 6) is 3.27. The maximum absolute atomic E-state index is 11.6. The second-order valence-electron chi connectivity index (χ2n) is 11.8. The molecule has 3 heteroatoms. The van der Waals surface area contributed by atoms with E-state index < -0.39 is 0 Å². The third-order valence-corrected chi connectivity index (χ3v) is 10.5. The number of rotatable bonds is 4. The van der Waals surface area contributed by atoms with Gasteiger partial charge in [-0.05, 0) is 105 Å². The van der Waals surface area contributed by atoms with Crippen LogP contribution in [0, 0.1) is 40.4 Å². The van der Waals surface area contributed by atoms with Crippen LogP contribution in [0.15, 0.2) is 11.6 Å². The molecular weight excluding hydrogens is 372 g/mol. The molecule has 1 aliphatic heterocycles. The van der Waals surface area contributed by atoms with Gasteiger partial charge in [0.15, 0.2) is 6.29 Å². The Kier molecular flexibility index (Phi) is 5.67. The molecule has 0 aromatic heterocycles. The topological polar surface area (TPSA) is 35.5 Å². The van der Waals surface area contributed by atoms with Crippen LogP contribution in [0.1, 0.15) is 91.4 Å². The molecule has 1 saturated heterocycles. The van der Waals surface area contributed by atoms with Crippen molar-refractivity contribution in [3.05, 3.63) is 11.6 Å². The summed E-state index contributed by atoms with van der Waals surface area (Å²) < 4.78 is 12.3. The Morgan fingerprint density at radius 2 is 1.97 bits per heavy atom. The molecular formula is C27H42O3. The monoisotopic (exact) mass is 414 g/mol. The first kappa shape index (κ1) is 21.2. The summed E-state index contributed by atoms with van der Waals surface area (Å²) in [6, 6.07) is 0. The summed E-state index contributed by atoms with van der Waals surface area (Å²) in [5.41, 5.74) is 2.43. The summed E-state index contributed by atoms with van der Waals surface area (Å²) in [6.45, 7) is 8.13. The first-order chi connectivity index (χ1) is 14.5. The van der Waals surface area contributed by atoms with Gasteiger partial charge in [-0.2, -0.15) is 0 Å². The van der Waals surface area contributed by atoms with E-state index in [1.165, 1.54) is 64.1 Å². The number of carbonyl (C=O) groups is 1. The number of fused-ring (bicyclic) bond motifs is 5. The minimum absolute atomic E-state index is 0.0377. The zero-order chi connectivity index (χ0) is 20.9. The summed E-state index contributed by atoms with van der Waals surface area (Å²) in [5, 5.41) is 0. The van der Waals surface area contributed by atoms with Crippen LogP contribution in [0.5, 0.6) is 0 Å². The molecule has 0 spiro atoms. The van der Waals surface area contributed by atoms with Crippen molar-refractivity contribution in [3.8, 4) is 0 Å². The van der Waals surface area contributed by atoms with Crippen LogP contribution < -0.4 is 0 Å². The molecule has 0 N–H and O–H groups in total. The zero-order valence-electron chi connectivity index (χ0n) is 19.4. The predicted octanol–water partition coefficient (Wildman–Crippen LogP) is 6.31. The van der Waals surface area contributed by atoms with Crippen LogP contribution in [-0.4, -0.2) is 25.3 Å². The highest BCUT2D eigenvalue weighted by atomic mass is 16.7. The fraction of sp³-hybridized carbons (Fsp3) is 0.889. The van der Waals surface area contributed by atoms with Crippen molar-refractivity contribution in [2.24, 2.45) is 40.4 Å². The number of hydrogen-bond acceptors (Lipinski definition) is 3. The Hall–Kier alpha value is -0.670. The molecule has 1 heterocycles. The van der Waals surface area contributed by atoms with Crippen LogP contribution >= 0.6 is 0 Å². The first-order valence-corrected chi connectivity index (χ1v) is 12.9. The molecule has 168 valence electrons. The third-order valence-electron chi connectivity index (χ3n) is 10.5. The summed E-state index contributed by atoms with van der Waals surface area (Å²) >= 11 is 0. The standard InChI is InChI=1S/C27H42O3/c1-18(17-28)22-9-10-23-21-8-7-19-16-20(30-25-6-4-5-15-29-25)11-13-26(19,2)24(21)12-14-27(22,23)3/h7,17-18,20-25H,4-6,8-16H2,1-3H3/t18-,20+,21+,22-,23+,24+,25?,26+,27-/m1/s1. The minimum atomic E-state index is 0.0377. The van der Waals surface area contributed by atoms with E-state index in [1.807, 2.05) is 0 Å². The van der Waals surface area contributed by atoms with Gasteiger partial charge in [-0.3, -0.25) is 0 Å². The predicted molar refractivity (Wildman–Crippen MR) is 119 cm³/mol. The second kappa shape index (κ2) is 8.03. The van der Waals surface area contributed by atoms with Crippen LogP contribution in [0.25, 0.3) is 0 Å². The van der Waals surface area contributed by atoms with Crippen molar-refractivity contribution in [3.63, 3.8) is 0 Å². The van der Waals surface area contributed by atoms with Crippen LogP contribution in [-0.2, 0) is 14.3 Å². The van der Waals surface area contributed by atoms with Crippen LogP contribution in [0.4, 0.5) is 0 Å². The SMILES string of the molecule is C[C@H](C=O)[C@H]1CC[C@H]2[C@@H]3CC=C4C[C@@H](OC5CCCCO5)CC[C@]4(C)[C@H]3CC[C@]12C. The van der Waals surface area contributed by atoms with Gasteiger partial charge in [0, 0.05) is 12.5 Å². The van der Waals surface area contributed by atoms with Gasteiger partial charge in [-0.25, -0.2) is 0 Å². The van der Waals surface area contributed by atoms with Gasteiger partial charge in [-0.15, -0.1) is 0 Å². The number of hydrogen-bond donors (Lipinski definition) is 0. The lowest BCUT2D eigenvalue weighted by molar-refractivity contribution is -0.195. The van der Waals surface area contributed by atoms with Crippen molar-refractivity contribution in [2.45, 2.75) is 104 Å². The number of aldehydes is 1.